The van der Waals surface area contributed by atoms with Crippen molar-refractivity contribution in [3.63, 3.8) is 0 Å². The van der Waals surface area contributed by atoms with Crippen LogP contribution in [-0.4, -0.2) is 32.1 Å². The number of rotatable bonds is 9. The smallest absolute Gasteiger partial charge is 0.236 e. The van der Waals surface area contributed by atoms with Crippen LogP contribution >= 0.6 is 0 Å². The van der Waals surface area contributed by atoms with Crippen molar-refractivity contribution in [3.05, 3.63) is 29.8 Å². The summed E-state index contributed by atoms with van der Waals surface area (Å²) in [4.78, 5) is 11.9. The molecule has 0 bridgehead atoms. The van der Waals surface area contributed by atoms with Gasteiger partial charge in [0.25, 0.3) is 0 Å². The van der Waals surface area contributed by atoms with Crippen molar-refractivity contribution in [3.8, 4) is 5.75 Å². The Morgan fingerprint density at radius 1 is 1.14 bits per heavy atom. The molecule has 0 saturated heterocycles. The van der Waals surface area contributed by atoms with Gasteiger partial charge in [-0.3, -0.25) is 4.79 Å². The highest BCUT2D eigenvalue weighted by atomic mass is 16.5. The Kier molecular flexibility index (Phi) is 7.83. The zero-order chi connectivity index (χ0) is 15.7. The Bertz CT molecular complexity index is 415. The molecule has 0 aromatic heterocycles. The summed E-state index contributed by atoms with van der Waals surface area (Å²) in [7, 11) is 1.66. The van der Waals surface area contributed by atoms with Crippen molar-refractivity contribution in [2.75, 3.05) is 20.2 Å². The third-order valence-corrected chi connectivity index (χ3v) is 3.44. The van der Waals surface area contributed by atoms with Gasteiger partial charge < -0.3 is 15.4 Å². The Hall–Kier alpha value is -1.55. The van der Waals surface area contributed by atoms with E-state index in [9.17, 15) is 4.79 Å². The van der Waals surface area contributed by atoms with Gasteiger partial charge in [0, 0.05) is 6.54 Å². The Morgan fingerprint density at radius 3 is 2.38 bits per heavy atom. The maximum absolute atomic E-state index is 11.9. The molecule has 0 radical (unpaired) electrons. The summed E-state index contributed by atoms with van der Waals surface area (Å²) in [6.45, 7) is 7.75. The largest absolute Gasteiger partial charge is 0.497 e. The molecule has 1 atom stereocenters. The first-order valence-electron chi connectivity index (χ1n) is 7.67. The van der Waals surface area contributed by atoms with Gasteiger partial charge in [0.2, 0.25) is 5.91 Å². The second-order valence-corrected chi connectivity index (χ2v) is 5.75. The first kappa shape index (κ1) is 17.5. The molecule has 0 saturated carbocycles. The molecule has 4 heteroatoms. The second-order valence-electron chi connectivity index (χ2n) is 5.75. The fourth-order valence-corrected chi connectivity index (χ4v) is 1.96. The van der Waals surface area contributed by atoms with Crippen LogP contribution in [0.4, 0.5) is 0 Å². The molecular weight excluding hydrogens is 264 g/mol. The molecule has 0 heterocycles. The van der Waals surface area contributed by atoms with Gasteiger partial charge in [0.1, 0.15) is 5.75 Å². The van der Waals surface area contributed by atoms with E-state index in [0.29, 0.717) is 5.92 Å². The minimum absolute atomic E-state index is 0.0744. The van der Waals surface area contributed by atoms with Crippen molar-refractivity contribution in [2.24, 2.45) is 5.92 Å². The van der Waals surface area contributed by atoms with E-state index in [1.165, 1.54) is 5.56 Å². The quantitative estimate of drug-likeness (QED) is 0.735. The Balaban J connectivity index is 2.22. The highest BCUT2D eigenvalue weighted by Crippen LogP contribution is 2.11. The second kappa shape index (κ2) is 9.40. The lowest BCUT2D eigenvalue weighted by molar-refractivity contribution is -0.122. The molecule has 2 N–H and O–H groups in total. The number of nitrogens with one attached hydrogen (secondary N) is 2. The van der Waals surface area contributed by atoms with Gasteiger partial charge in [0.15, 0.2) is 0 Å². The number of hydrogen-bond acceptors (Lipinski definition) is 3. The van der Waals surface area contributed by atoms with Crippen molar-refractivity contribution < 1.29 is 9.53 Å². The molecule has 1 rings (SSSR count). The van der Waals surface area contributed by atoms with E-state index in [1.807, 2.05) is 31.2 Å². The Labute approximate surface area is 128 Å². The molecule has 0 aliphatic carbocycles. The molecule has 0 fully saturated rings. The maximum atomic E-state index is 11.9. The molecule has 1 amide bonds. The van der Waals surface area contributed by atoms with Crippen LogP contribution in [0.1, 0.15) is 32.8 Å². The van der Waals surface area contributed by atoms with E-state index in [2.05, 4.69) is 24.5 Å². The molecule has 4 nitrogen and oxygen atoms in total. The normalized spacial score (nSPS) is 12.2. The summed E-state index contributed by atoms with van der Waals surface area (Å²) < 4.78 is 5.13. The zero-order valence-electron chi connectivity index (χ0n) is 13.6. The van der Waals surface area contributed by atoms with Crippen LogP contribution in [0.5, 0.6) is 5.75 Å². The SMILES string of the molecule is COc1ccc(CCNC(C)C(=O)NCCC(C)C)cc1. The van der Waals surface area contributed by atoms with Crippen LogP contribution in [0.25, 0.3) is 0 Å². The van der Waals surface area contributed by atoms with Gasteiger partial charge in [-0.05, 0) is 49.9 Å². The van der Waals surface area contributed by atoms with Gasteiger partial charge in [-0.1, -0.05) is 26.0 Å². The summed E-state index contributed by atoms with van der Waals surface area (Å²) in [6, 6.07) is 7.85. The van der Waals surface area contributed by atoms with Gasteiger partial charge in [-0.2, -0.15) is 0 Å². The summed E-state index contributed by atoms with van der Waals surface area (Å²) >= 11 is 0. The lowest BCUT2D eigenvalue weighted by Crippen LogP contribution is -2.43. The molecule has 0 spiro atoms. The van der Waals surface area contributed by atoms with Crippen LogP contribution in [-0.2, 0) is 11.2 Å². The predicted octanol–water partition coefficient (Wildman–Crippen LogP) is 2.38. The number of benzene rings is 1. The maximum Gasteiger partial charge on any atom is 0.236 e. The highest BCUT2D eigenvalue weighted by Gasteiger charge is 2.11. The average Bonchev–Trinajstić information content (AvgIpc) is 2.47. The summed E-state index contributed by atoms with van der Waals surface area (Å²) in [5.74, 6) is 1.55. The molecular formula is C17H28N2O2. The van der Waals surface area contributed by atoms with Crippen molar-refractivity contribution >= 4 is 5.91 Å². The minimum Gasteiger partial charge on any atom is -0.497 e. The van der Waals surface area contributed by atoms with Crippen molar-refractivity contribution in [1.82, 2.24) is 10.6 Å². The molecule has 21 heavy (non-hydrogen) atoms. The van der Waals surface area contributed by atoms with Gasteiger partial charge in [-0.15, -0.1) is 0 Å². The van der Waals surface area contributed by atoms with Crippen molar-refractivity contribution in [2.45, 2.75) is 39.7 Å². The standard InChI is InChI=1S/C17H28N2O2/c1-13(2)9-11-19-17(20)14(3)18-12-10-15-5-7-16(21-4)8-6-15/h5-8,13-14,18H,9-12H2,1-4H3,(H,19,20). The summed E-state index contributed by atoms with van der Waals surface area (Å²) in [6.07, 6.45) is 1.91. The Morgan fingerprint density at radius 2 is 1.81 bits per heavy atom. The van der Waals surface area contributed by atoms with Crippen LogP contribution in [0.3, 0.4) is 0 Å². The van der Waals surface area contributed by atoms with Crippen LogP contribution in [0, 0.1) is 5.92 Å². The summed E-state index contributed by atoms with van der Waals surface area (Å²) in [5.41, 5.74) is 1.23. The topological polar surface area (TPSA) is 50.4 Å². The fraction of sp³-hybridized carbons (Fsp3) is 0.588. The van der Waals surface area contributed by atoms with Gasteiger partial charge in [0.05, 0.1) is 13.2 Å². The summed E-state index contributed by atoms with van der Waals surface area (Å²) in [5, 5.41) is 6.21. The predicted molar refractivity (Wildman–Crippen MR) is 86.6 cm³/mol. The third-order valence-electron chi connectivity index (χ3n) is 3.44. The molecule has 1 aromatic carbocycles. The van der Waals surface area contributed by atoms with Crippen LogP contribution in [0.15, 0.2) is 24.3 Å². The van der Waals surface area contributed by atoms with Gasteiger partial charge in [-0.25, -0.2) is 0 Å². The third kappa shape index (κ3) is 7.14. The fourth-order valence-electron chi connectivity index (χ4n) is 1.96. The monoisotopic (exact) mass is 292 g/mol. The lowest BCUT2D eigenvalue weighted by atomic mass is 10.1. The number of methoxy groups -OCH3 is 1. The number of carbonyl (C=O) groups is 1. The minimum atomic E-state index is -0.157. The van der Waals surface area contributed by atoms with E-state index < -0.39 is 0 Å². The van der Waals surface area contributed by atoms with E-state index in [0.717, 1.165) is 31.7 Å². The first-order chi connectivity index (χ1) is 10.0. The number of ether oxygens (including phenoxy) is 1. The first-order valence-corrected chi connectivity index (χ1v) is 7.67. The molecule has 1 aromatic rings. The lowest BCUT2D eigenvalue weighted by Gasteiger charge is -2.14. The molecule has 1 unspecified atom stereocenters. The number of hydrogen-bond donors (Lipinski definition) is 2. The average molecular weight is 292 g/mol. The van der Waals surface area contributed by atoms with E-state index >= 15 is 0 Å². The molecule has 0 aliphatic heterocycles. The zero-order valence-corrected chi connectivity index (χ0v) is 13.6. The van der Waals surface area contributed by atoms with Crippen LogP contribution < -0.4 is 15.4 Å². The molecule has 118 valence electrons. The van der Waals surface area contributed by atoms with Crippen molar-refractivity contribution in [1.29, 1.82) is 0 Å². The number of amides is 1. The van der Waals surface area contributed by atoms with E-state index in [-0.39, 0.29) is 11.9 Å². The van der Waals surface area contributed by atoms with E-state index in [4.69, 9.17) is 4.74 Å². The van der Waals surface area contributed by atoms with Gasteiger partial charge >= 0.3 is 0 Å². The highest BCUT2D eigenvalue weighted by molar-refractivity contribution is 5.81. The van der Waals surface area contributed by atoms with E-state index in [1.54, 1.807) is 7.11 Å². The molecule has 0 aliphatic rings. The van der Waals surface area contributed by atoms with Crippen LogP contribution in [0.2, 0.25) is 0 Å². The number of carbonyl (C=O) groups excluding carboxylic acids is 1.